The van der Waals surface area contributed by atoms with E-state index in [4.69, 9.17) is 14.2 Å². The molecule has 2 rings (SSSR count). The molecule has 0 aliphatic carbocycles. The Morgan fingerprint density at radius 1 is 0.760 bits per heavy atom. The molecule has 0 radical (unpaired) electrons. The van der Waals surface area contributed by atoms with Crippen LogP contribution in [0.5, 0.6) is 23.0 Å². The first-order valence-electron chi connectivity index (χ1n) is 8.40. The molecule has 2 aromatic rings. The molecule has 0 fully saturated rings. The number of rotatable bonds is 8. The van der Waals surface area contributed by atoms with Gasteiger partial charge in [-0.2, -0.15) is 0 Å². The molecular weight excluding hydrogens is 320 g/mol. The van der Waals surface area contributed by atoms with Gasteiger partial charge in [-0.05, 0) is 37.1 Å². The lowest BCUT2D eigenvalue weighted by molar-refractivity contribution is -0.137. The van der Waals surface area contributed by atoms with Gasteiger partial charge >= 0.3 is 11.9 Å². The van der Waals surface area contributed by atoms with E-state index in [1.807, 2.05) is 44.2 Å². The van der Waals surface area contributed by atoms with Crippen LogP contribution in [0.25, 0.3) is 0 Å². The zero-order valence-corrected chi connectivity index (χ0v) is 14.5. The van der Waals surface area contributed by atoms with Gasteiger partial charge in [0.15, 0.2) is 11.5 Å². The number of hydrogen-bond donors (Lipinski definition) is 0. The van der Waals surface area contributed by atoms with Crippen molar-refractivity contribution in [3.8, 4) is 23.0 Å². The highest BCUT2D eigenvalue weighted by atomic mass is 16.6. The molecule has 2 aromatic carbocycles. The molecule has 0 aliphatic heterocycles. The molecule has 0 saturated carbocycles. The highest BCUT2D eigenvalue weighted by Crippen LogP contribution is 2.34. The average Bonchev–Trinajstić information content (AvgIpc) is 2.58. The first kappa shape index (κ1) is 18.5. The second kappa shape index (κ2) is 9.47. The fourth-order valence-electron chi connectivity index (χ4n) is 2.10. The van der Waals surface area contributed by atoms with Gasteiger partial charge in [-0.3, -0.25) is 9.59 Å². The summed E-state index contributed by atoms with van der Waals surface area (Å²) in [6.45, 7) is 3.78. The van der Waals surface area contributed by atoms with E-state index in [0.29, 0.717) is 30.8 Å². The van der Waals surface area contributed by atoms with Gasteiger partial charge in [-0.15, -0.1) is 0 Å². The molecular formula is C20H22O5. The summed E-state index contributed by atoms with van der Waals surface area (Å²) in [5.74, 6) is 0.781. The Hall–Kier alpha value is -2.82. The van der Waals surface area contributed by atoms with Crippen LogP contribution in [0.4, 0.5) is 0 Å². The Morgan fingerprint density at radius 2 is 1.36 bits per heavy atom. The highest BCUT2D eigenvalue weighted by Gasteiger charge is 2.15. The SMILES string of the molecule is CCCC(=O)Oc1ccc(Oc2ccccc2)cc1OC(=O)CCC. The fourth-order valence-corrected chi connectivity index (χ4v) is 2.10. The van der Waals surface area contributed by atoms with Crippen molar-refractivity contribution in [3.05, 3.63) is 48.5 Å². The van der Waals surface area contributed by atoms with Gasteiger partial charge in [-0.1, -0.05) is 32.0 Å². The Morgan fingerprint density at radius 3 is 1.96 bits per heavy atom. The molecule has 0 saturated heterocycles. The molecule has 0 amide bonds. The van der Waals surface area contributed by atoms with Gasteiger partial charge in [-0.25, -0.2) is 0 Å². The van der Waals surface area contributed by atoms with Crippen molar-refractivity contribution in [2.75, 3.05) is 0 Å². The van der Waals surface area contributed by atoms with Crippen molar-refractivity contribution < 1.29 is 23.8 Å². The Kier molecular flexibility index (Phi) is 7.01. The van der Waals surface area contributed by atoms with Gasteiger partial charge in [0, 0.05) is 18.9 Å². The molecule has 5 heteroatoms. The number of carbonyl (C=O) groups excluding carboxylic acids is 2. The largest absolute Gasteiger partial charge is 0.457 e. The third kappa shape index (κ3) is 5.95. The van der Waals surface area contributed by atoms with Gasteiger partial charge in [0.1, 0.15) is 11.5 Å². The summed E-state index contributed by atoms with van der Waals surface area (Å²) in [5.41, 5.74) is 0. The molecule has 0 aromatic heterocycles. The van der Waals surface area contributed by atoms with Crippen molar-refractivity contribution in [1.82, 2.24) is 0 Å². The molecule has 0 bridgehead atoms. The van der Waals surface area contributed by atoms with E-state index < -0.39 is 0 Å². The molecule has 0 unspecified atom stereocenters. The van der Waals surface area contributed by atoms with Crippen LogP contribution in [0, 0.1) is 0 Å². The quantitative estimate of drug-likeness (QED) is 0.505. The van der Waals surface area contributed by atoms with Crippen LogP contribution in [0.1, 0.15) is 39.5 Å². The van der Waals surface area contributed by atoms with Crippen molar-refractivity contribution >= 4 is 11.9 Å². The van der Waals surface area contributed by atoms with Crippen LogP contribution < -0.4 is 14.2 Å². The normalized spacial score (nSPS) is 10.2. The standard InChI is InChI=1S/C20H22O5/c1-3-8-19(21)24-17-13-12-16(23-15-10-6-5-7-11-15)14-18(17)25-20(22)9-4-2/h5-7,10-14H,3-4,8-9H2,1-2H3. The van der Waals surface area contributed by atoms with E-state index in [0.717, 1.165) is 0 Å². The molecule has 25 heavy (non-hydrogen) atoms. The van der Waals surface area contributed by atoms with Crippen LogP contribution in [0.3, 0.4) is 0 Å². The number of benzene rings is 2. The lowest BCUT2D eigenvalue weighted by atomic mass is 10.2. The third-order valence-corrected chi connectivity index (χ3v) is 3.25. The van der Waals surface area contributed by atoms with Crippen LogP contribution in [0.15, 0.2) is 48.5 Å². The molecule has 5 nitrogen and oxygen atoms in total. The lowest BCUT2D eigenvalue weighted by Crippen LogP contribution is -2.11. The Balaban J connectivity index is 2.22. The van der Waals surface area contributed by atoms with Crippen LogP contribution in [-0.4, -0.2) is 11.9 Å². The summed E-state index contributed by atoms with van der Waals surface area (Å²) < 4.78 is 16.4. The maximum absolute atomic E-state index is 11.8. The number of carbonyl (C=O) groups is 2. The van der Waals surface area contributed by atoms with E-state index in [1.165, 1.54) is 0 Å². The monoisotopic (exact) mass is 342 g/mol. The second-order valence-corrected chi connectivity index (χ2v) is 5.47. The summed E-state index contributed by atoms with van der Waals surface area (Å²) in [6.07, 6.45) is 1.93. The third-order valence-electron chi connectivity index (χ3n) is 3.25. The molecule has 0 spiro atoms. The maximum atomic E-state index is 11.8. The topological polar surface area (TPSA) is 61.8 Å². The van der Waals surface area contributed by atoms with Crippen LogP contribution >= 0.6 is 0 Å². The summed E-state index contributed by atoms with van der Waals surface area (Å²) in [5, 5.41) is 0. The lowest BCUT2D eigenvalue weighted by Gasteiger charge is -2.12. The van der Waals surface area contributed by atoms with Gasteiger partial charge < -0.3 is 14.2 Å². The Labute approximate surface area is 147 Å². The van der Waals surface area contributed by atoms with Crippen LogP contribution in [0.2, 0.25) is 0 Å². The Bertz CT molecular complexity index is 709. The second-order valence-electron chi connectivity index (χ2n) is 5.47. The van der Waals surface area contributed by atoms with E-state index in [9.17, 15) is 9.59 Å². The van der Waals surface area contributed by atoms with E-state index in [2.05, 4.69) is 0 Å². The smallest absolute Gasteiger partial charge is 0.311 e. The fraction of sp³-hybridized carbons (Fsp3) is 0.300. The first-order chi connectivity index (χ1) is 12.1. The zero-order chi connectivity index (χ0) is 18.1. The summed E-state index contributed by atoms with van der Waals surface area (Å²) in [6, 6.07) is 14.0. The summed E-state index contributed by atoms with van der Waals surface area (Å²) in [4.78, 5) is 23.6. The van der Waals surface area contributed by atoms with Gasteiger partial charge in [0.05, 0.1) is 0 Å². The van der Waals surface area contributed by atoms with Gasteiger partial charge in [0.25, 0.3) is 0 Å². The molecule has 0 atom stereocenters. The minimum absolute atomic E-state index is 0.177. The average molecular weight is 342 g/mol. The highest BCUT2D eigenvalue weighted by molar-refractivity contribution is 5.76. The van der Waals surface area contributed by atoms with E-state index in [1.54, 1.807) is 18.2 Å². The van der Waals surface area contributed by atoms with Crippen molar-refractivity contribution in [2.45, 2.75) is 39.5 Å². The predicted molar refractivity (Wildman–Crippen MR) is 94.0 cm³/mol. The van der Waals surface area contributed by atoms with Crippen molar-refractivity contribution in [2.24, 2.45) is 0 Å². The molecule has 0 heterocycles. The predicted octanol–water partition coefficient (Wildman–Crippen LogP) is 4.89. The number of para-hydroxylation sites is 1. The molecule has 132 valence electrons. The minimum atomic E-state index is -0.382. The van der Waals surface area contributed by atoms with Crippen molar-refractivity contribution in [1.29, 1.82) is 0 Å². The van der Waals surface area contributed by atoms with Gasteiger partial charge in [0.2, 0.25) is 0 Å². The minimum Gasteiger partial charge on any atom is -0.457 e. The van der Waals surface area contributed by atoms with Crippen LogP contribution in [-0.2, 0) is 9.59 Å². The summed E-state index contributed by atoms with van der Waals surface area (Å²) >= 11 is 0. The number of ether oxygens (including phenoxy) is 3. The van der Waals surface area contributed by atoms with E-state index >= 15 is 0 Å². The molecule has 0 N–H and O–H groups in total. The van der Waals surface area contributed by atoms with Crippen molar-refractivity contribution in [3.63, 3.8) is 0 Å². The summed E-state index contributed by atoms with van der Waals surface area (Å²) in [7, 11) is 0. The first-order valence-corrected chi connectivity index (χ1v) is 8.40. The number of esters is 2. The van der Waals surface area contributed by atoms with E-state index in [-0.39, 0.29) is 29.9 Å². The number of hydrogen-bond acceptors (Lipinski definition) is 5. The molecule has 0 aliphatic rings. The maximum Gasteiger partial charge on any atom is 0.311 e. The zero-order valence-electron chi connectivity index (χ0n) is 14.5.